The molecule has 0 amide bonds. The largest absolute Gasteiger partial charge is 2.00 e. The van der Waals surface area contributed by atoms with E-state index in [-0.39, 0.29) is 53.0 Å². The molecule has 0 aliphatic carbocycles. The van der Waals surface area contributed by atoms with Crippen molar-refractivity contribution in [3.05, 3.63) is 124 Å². The van der Waals surface area contributed by atoms with Crippen LogP contribution in [0.1, 0.15) is 40.1 Å². The second-order valence-corrected chi connectivity index (χ2v) is 12.6. The number of carbonyl (C=O) groups is 1. The molecule has 0 aliphatic rings. The Morgan fingerprint density at radius 3 is 1.67 bits per heavy atom. The molecule has 0 bridgehead atoms. The molecule has 1 N–H and O–H groups in total. The van der Waals surface area contributed by atoms with Crippen LogP contribution in [-0.4, -0.2) is 86.0 Å². The zero-order valence-corrected chi connectivity index (χ0v) is 34.8. The van der Waals surface area contributed by atoms with E-state index < -0.39 is 43.7 Å². The van der Waals surface area contributed by atoms with Crippen molar-refractivity contribution in [3.63, 3.8) is 0 Å². The predicted molar refractivity (Wildman–Crippen MR) is 193 cm³/mol. The van der Waals surface area contributed by atoms with Crippen LogP contribution in [0.5, 0.6) is 0 Å². The molecule has 1 unspecified atom stereocenters. The molecule has 0 spiro atoms. The van der Waals surface area contributed by atoms with E-state index in [1.165, 1.54) is 46.0 Å². The SMILES string of the molecule is CC(O)c1cc(F)ccc1-c1nccn1Cc1cnn(CC(F)F)c1Br.O=Cc1cc(F)ccc1-c1nccn1Cc1cnn(CC(F)F)c1Br.[Br-].[CH3-].[Mg+2]. The Bertz CT molecular complexity index is 2120. The van der Waals surface area contributed by atoms with Crippen LogP contribution in [0.25, 0.3) is 22.8 Å². The summed E-state index contributed by atoms with van der Waals surface area (Å²) < 4.78 is 83.9. The first-order valence-electron chi connectivity index (χ1n) is 15.1. The van der Waals surface area contributed by atoms with Crippen molar-refractivity contribution in [1.82, 2.24) is 38.7 Å². The number of hydrogen-bond donors (Lipinski definition) is 1. The van der Waals surface area contributed by atoms with Gasteiger partial charge in [-0.3, -0.25) is 14.2 Å². The van der Waals surface area contributed by atoms with Crippen molar-refractivity contribution >= 4 is 61.2 Å². The van der Waals surface area contributed by atoms with Crippen LogP contribution in [0.3, 0.4) is 0 Å². The molecule has 0 radical (unpaired) electrons. The van der Waals surface area contributed by atoms with E-state index in [1.807, 2.05) is 0 Å². The van der Waals surface area contributed by atoms with Crippen molar-refractivity contribution in [2.45, 2.75) is 52.1 Å². The standard InChI is InChI=1S/C17H16BrF3N4O.C16H12BrF3N4O.CH3.BrH.Mg/c1-10(26)14-6-12(19)2-3-13(14)17-22-4-5-24(17)8-11-7-23-25(16(11)18)9-15(20)21;17-15-11(6-22-24(15)8-14(19)20)7-23-4-3-21-16(23)13-2-1-12(18)5-10(13)9-25;;;/h2-7,10,15,26H,8-9H2,1H3;1-6,9,14H,7-8H2;1H3;1H;/q;;-1;;+2/p-1. The molecular weight excluding hydrogens is 930 g/mol. The summed E-state index contributed by atoms with van der Waals surface area (Å²) >= 11 is 6.57. The Morgan fingerprint density at radius 2 is 1.22 bits per heavy atom. The molecule has 6 aromatic rings. The fraction of sp³-hybridized carbons (Fsp3) is 0.235. The number of benzene rings is 2. The minimum Gasteiger partial charge on any atom is -1.00 e. The predicted octanol–water partition coefficient (Wildman–Crippen LogP) is 4.86. The molecule has 4 aromatic heterocycles. The normalized spacial score (nSPS) is 11.3. The fourth-order valence-corrected chi connectivity index (χ4v) is 6.12. The number of aldehydes is 1. The minimum absolute atomic E-state index is 0. The van der Waals surface area contributed by atoms with E-state index in [1.54, 1.807) is 46.9 Å². The number of aliphatic hydroxyl groups is 1. The van der Waals surface area contributed by atoms with Crippen molar-refractivity contribution in [3.8, 4) is 22.8 Å². The zero-order valence-electron chi connectivity index (χ0n) is 28.6. The van der Waals surface area contributed by atoms with Gasteiger partial charge in [-0.05, 0) is 80.7 Å². The Balaban J connectivity index is 0.000000354. The van der Waals surface area contributed by atoms with Gasteiger partial charge in [-0.2, -0.15) is 10.2 Å². The van der Waals surface area contributed by atoms with E-state index in [9.17, 15) is 36.2 Å². The van der Waals surface area contributed by atoms with E-state index in [2.05, 4.69) is 52.0 Å². The molecule has 10 nitrogen and oxygen atoms in total. The topological polar surface area (TPSA) is 109 Å². The van der Waals surface area contributed by atoms with E-state index in [0.717, 1.165) is 6.07 Å². The second-order valence-electron chi connectivity index (χ2n) is 11.1. The maximum absolute atomic E-state index is 13.5. The smallest absolute Gasteiger partial charge is 1.00 e. The Kier molecular flexibility index (Phi) is 18.3. The molecule has 20 heteroatoms. The molecule has 54 heavy (non-hydrogen) atoms. The van der Waals surface area contributed by atoms with Crippen LogP contribution < -0.4 is 17.0 Å². The Hall–Kier alpha value is -3.30. The van der Waals surface area contributed by atoms with Crippen LogP contribution >= 0.6 is 31.9 Å². The van der Waals surface area contributed by atoms with Crippen LogP contribution in [0.4, 0.5) is 26.3 Å². The molecule has 0 saturated heterocycles. The van der Waals surface area contributed by atoms with Crippen molar-refractivity contribution in [2.24, 2.45) is 0 Å². The summed E-state index contributed by atoms with van der Waals surface area (Å²) in [6.07, 6.45) is 4.22. The summed E-state index contributed by atoms with van der Waals surface area (Å²) in [6, 6.07) is 8.00. The number of nitrogens with zero attached hydrogens (tertiary/aromatic N) is 8. The van der Waals surface area contributed by atoms with Crippen molar-refractivity contribution in [2.75, 3.05) is 0 Å². The average Bonchev–Trinajstić information content (AvgIpc) is 3.88. The summed E-state index contributed by atoms with van der Waals surface area (Å²) in [5, 5.41) is 17.8. The van der Waals surface area contributed by atoms with Gasteiger partial charge in [-0.25, -0.2) is 36.3 Å². The molecule has 4 heterocycles. The maximum atomic E-state index is 13.5. The molecular formula is C34H31Br3F6MgN8O2. The first kappa shape index (κ1) is 46.8. The number of carbonyl (C=O) groups excluding carboxylic acids is 1. The number of alkyl halides is 4. The summed E-state index contributed by atoms with van der Waals surface area (Å²) in [5.74, 6) is 0.0452. The molecule has 0 saturated carbocycles. The molecule has 0 aliphatic heterocycles. The number of hydrogen-bond acceptors (Lipinski definition) is 6. The van der Waals surface area contributed by atoms with E-state index >= 15 is 0 Å². The summed E-state index contributed by atoms with van der Waals surface area (Å²) in [6.45, 7) is 1.17. The van der Waals surface area contributed by atoms with Gasteiger partial charge in [-0.15, -0.1) is 0 Å². The summed E-state index contributed by atoms with van der Waals surface area (Å²) in [5.41, 5.74) is 3.06. The van der Waals surface area contributed by atoms with Gasteiger partial charge >= 0.3 is 23.1 Å². The van der Waals surface area contributed by atoms with Crippen LogP contribution in [0, 0.1) is 19.1 Å². The van der Waals surface area contributed by atoms with Crippen LogP contribution in [0.2, 0.25) is 0 Å². The average molecular weight is 962 g/mol. The van der Waals surface area contributed by atoms with E-state index in [0.29, 0.717) is 68.0 Å². The quantitative estimate of drug-likeness (QED) is 0.0814. The van der Waals surface area contributed by atoms with Crippen LogP contribution in [-0.2, 0) is 26.2 Å². The number of aliphatic hydroxyl groups excluding tert-OH is 1. The third-order valence-electron chi connectivity index (χ3n) is 7.51. The number of halogens is 9. The van der Waals surface area contributed by atoms with Gasteiger partial charge in [0.1, 0.15) is 45.6 Å². The molecule has 284 valence electrons. The van der Waals surface area contributed by atoms with Crippen molar-refractivity contribution in [1.29, 1.82) is 0 Å². The monoisotopic (exact) mass is 958 g/mol. The van der Waals surface area contributed by atoms with E-state index in [4.69, 9.17) is 0 Å². The van der Waals surface area contributed by atoms with Gasteiger partial charge in [0, 0.05) is 52.6 Å². The molecule has 6 rings (SSSR count). The molecule has 1 atom stereocenters. The molecule has 0 fully saturated rings. The summed E-state index contributed by atoms with van der Waals surface area (Å²) in [7, 11) is 0. The van der Waals surface area contributed by atoms with Gasteiger partial charge < -0.3 is 38.6 Å². The van der Waals surface area contributed by atoms with Gasteiger partial charge in [0.2, 0.25) is 0 Å². The first-order valence-corrected chi connectivity index (χ1v) is 16.7. The Morgan fingerprint density at radius 1 is 0.778 bits per heavy atom. The van der Waals surface area contributed by atoms with Gasteiger partial charge in [-0.1, -0.05) is 0 Å². The Labute approximate surface area is 349 Å². The second kappa shape index (κ2) is 21.1. The van der Waals surface area contributed by atoms with Gasteiger partial charge in [0.05, 0.1) is 31.6 Å². The summed E-state index contributed by atoms with van der Waals surface area (Å²) in [4.78, 5) is 19.7. The van der Waals surface area contributed by atoms with Gasteiger partial charge in [0.15, 0.2) is 6.29 Å². The zero-order chi connectivity index (χ0) is 36.8. The third-order valence-corrected chi connectivity index (χ3v) is 9.35. The number of rotatable bonds is 12. The number of aromatic nitrogens is 8. The van der Waals surface area contributed by atoms with Gasteiger partial charge in [0.25, 0.3) is 12.9 Å². The minimum atomic E-state index is -2.51. The maximum Gasteiger partial charge on any atom is 2.00 e. The fourth-order valence-electron chi connectivity index (χ4n) is 5.19. The number of imidazole rings is 2. The van der Waals surface area contributed by atoms with Crippen molar-refractivity contribution < 1.29 is 53.2 Å². The molecule has 2 aromatic carbocycles. The third kappa shape index (κ3) is 11.4. The van der Waals surface area contributed by atoms with Crippen LogP contribution in [0.15, 0.2) is 82.8 Å². The first-order chi connectivity index (χ1) is 24.4.